The number of benzene rings is 2. The van der Waals surface area contributed by atoms with E-state index in [2.05, 4.69) is 10.6 Å². The van der Waals surface area contributed by atoms with Crippen LogP contribution in [0, 0.1) is 13.8 Å². The number of fused-ring (bicyclic) bond motifs is 1. The van der Waals surface area contributed by atoms with Gasteiger partial charge < -0.3 is 10.6 Å². The molecule has 3 aromatic rings. The van der Waals surface area contributed by atoms with Gasteiger partial charge >= 0.3 is 11.7 Å². The van der Waals surface area contributed by atoms with Crippen molar-refractivity contribution in [3.8, 4) is 0 Å². The van der Waals surface area contributed by atoms with E-state index in [9.17, 15) is 9.59 Å². The SMILES string of the molecule is Cc1ccc(NC(=O)Nc2cc3c(cc2C)n(C)c(=O)n3C)cc1. The molecule has 0 unspecified atom stereocenters. The normalized spacial score (nSPS) is 10.8. The number of urea groups is 1. The van der Waals surface area contributed by atoms with Crippen molar-refractivity contribution in [3.63, 3.8) is 0 Å². The number of hydrogen-bond acceptors (Lipinski definition) is 2. The van der Waals surface area contributed by atoms with E-state index >= 15 is 0 Å². The van der Waals surface area contributed by atoms with E-state index in [0.717, 1.165) is 27.8 Å². The predicted octanol–water partition coefficient (Wildman–Crippen LogP) is 3.14. The van der Waals surface area contributed by atoms with Crippen molar-refractivity contribution in [1.82, 2.24) is 9.13 Å². The zero-order valence-corrected chi connectivity index (χ0v) is 14.2. The summed E-state index contributed by atoms with van der Waals surface area (Å²) in [6, 6.07) is 11.0. The molecule has 0 saturated heterocycles. The average Bonchev–Trinajstić information content (AvgIpc) is 2.75. The highest BCUT2D eigenvalue weighted by atomic mass is 16.2. The first-order valence-electron chi connectivity index (χ1n) is 7.67. The van der Waals surface area contributed by atoms with Gasteiger partial charge in [-0.3, -0.25) is 9.13 Å². The van der Waals surface area contributed by atoms with E-state index < -0.39 is 0 Å². The van der Waals surface area contributed by atoms with Crippen molar-refractivity contribution < 1.29 is 4.79 Å². The largest absolute Gasteiger partial charge is 0.328 e. The number of imidazole rings is 1. The van der Waals surface area contributed by atoms with E-state index in [4.69, 9.17) is 0 Å². The Morgan fingerprint density at radius 2 is 1.50 bits per heavy atom. The van der Waals surface area contributed by atoms with E-state index in [0.29, 0.717) is 5.69 Å². The lowest BCUT2D eigenvalue weighted by Gasteiger charge is -2.11. The lowest BCUT2D eigenvalue weighted by Crippen LogP contribution is -2.20. The summed E-state index contributed by atoms with van der Waals surface area (Å²) in [4.78, 5) is 24.2. The van der Waals surface area contributed by atoms with Gasteiger partial charge in [-0.15, -0.1) is 0 Å². The molecule has 0 aliphatic heterocycles. The molecule has 0 bridgehead atoms. The van der Waals surface area contributed by atoms with E-state index in [1.807, 2.05) is 50.2 Å². The summed E-state index contributed by atoms with van der Waals surface area (Å²) in [6.07, 6.45) is 0. The highest BCUT2D eigenvalue weighted by molar-refractivity contribution is 6.01. The standard InChI is InChI=1S/C18H20N4O2/c1-11-5-7-13(8-6-11)19-17(23)20-14-10-16-15(9-12(14)2)21(3)18(24)22(16)4/h5-10H,1-4H3,(H2,19,20,23). The average molecular weight is 324 g/mol. The number of rotatable bonds is 2. The first kappa shape index (κ1) is 15.9. The third-order valence-corrected chi connectivity index (χ3v) is 4.18. The Morgan fingerprint density at radius 1 is 0.917 bits per heavy atom. The molecule has 1 heterocycles. The summed E-state index contributed by atoms with van der Waals surface area (Å²) in [7, 11) is 3.46. The number of aromatic nitrogens is 2. The predicted molar refractivity (Wildman–Crippen MR) is 96.7 cm³/mol. The minimum Gasteiger partial charge on any atom is -0.308 e. The number of aryl methyl sites for hydroxylation is 4. The first-order chi connectivity index (χ1) is 11.4. The molecule has 0 fully saturated rings. The summed E-state index contributed by atoms with van der Waals surface area (Å²) in [6.45, 7) is 3.89. The molecule has 0 aliphatic rings. The molecule has 1 aromatic heterocycles. The summed E-state index contributed by atoms with van der Waals surface area (Å²) >= 11 is 0. The summed E-state index contributed by atoms with van der Waals surface area (Å²) in [5.74, 6) is 0. The quantitative estimate of drug-likeness (QED) is 0.760. The molecule has 0 saturated carbocycles. The van der Waals surface area contributed by atoms with E-state index in [-0.39, 0.29) is 11.7 Å². The molecule has 0 aliphatic carbocycles. The van der Waals surface area contributed by atoms with Crippen molar-refractivity contribution in [2.45, 2.75) is 13.8 Å². The molecule has 2 aromatic carbocycles. The minimum atomic E-state index is -0.317. The molecular weight excluding hydrogens is 304 g/mol. The van der Waals surface area contributed by atoms with Crippen molar-refractivity contribution in [3.05, 3.63) is 58.0 Å². The van der Waals surface area contributed by atoms with Gasteiger partial charge in [-0.05, 0) is 43.7 Å². The van der Waals surface area contributed by atoms with Gasteiger partial charge in [-0.2, -0.15) is 0 Å². The number of nitrogens with one attached hydrogen (secondary N) is 2. The second-order valence-corrected chi connectivity index (χ2v) is 6.00. The number of carbonyl (C=O) groups excluding carboxylic acids is 1. The monoisotopic (exact) mass is 324 g/mol. The topological polar surface area (TPSA) is 68.1 Å². The van der Waals surface area contributed by atoms with E-state index in [1.54, 1.807) is 23.2 Å². The molecule has 0 atom stereocenters. The Morgan fingerprint density at radius 3 is 2.12 bits per heavy atom. The van der Waals surface area contributed by atoms with Crippen LogP contribution < -0.4 is 16.3 Å². The van der Waals surface area contributed by atoms with Crippen LogP contribution in [-0.2, 0) is 14.1 Å². The fourth-order valence-electron chi connectivity index (χ4n) is 2.71. The van der Waals surface area contributed by atoms with Gasteiger partial charge in [0.05, 0.1) is 11.0 Å². The molecule has 24 heavy (non-hydrogen) atoms. The summed E-state index contributed by atoms with van der Waals surface area (Å²) in [5, 5.41) is 5.65. The summed E-state index contributed by atoms with van der Waals surface area (Å²) < 4.78 is 3.16. The maximum absolute atomic E-state index is 12.2. The Kier molecular flexibility index (Phi) is 3.89. The number of amides is 2. The third kappa shape index (κ3) is 2.78. The van der Waals surface area contributed by atoms with Gasteiger partial charge in [0, 0.05) is 25.5 Å². The molecule has 6 nitrogen and oxygen atoms in total. The maximum atomic E-state index is 12.2. The molecule has 2 amide bonds. The maximum Gasteiger partial charge on any atom is 0.328 e. The molecule has 0 radical (unpaired) electrons. The fourth-order valence-corrected chi connectivity index (χ4v) is 2.71. The molecule has 0 spiro atoms. The number of nitrogens with zero attached hydrogens (tertiary/aromatic N) is 2. The Balaban J connectivity index is 1.88. The smallest absolute Gasteiger partial charge is 0.308 e. The van der Waals surface area contributed by atoms with Gasteiger partial charge in [0.2, 0.25) is 0 Å². The van der Waals surface area contributed by atoms with Crippen molar-refractivity contribution >= 4 is 28.4 Å². The van der Waals surface area contributed by atoms with Crippen LogP contribution in [-0.4, -0.2) is 15.2 Å². The molecule has 3 rings (SSSR count). The van der Waals surface area contributed by atoms with E-state index in [1.165, 1.54) is 0 Å². The van der Waals surface area contributed by atoms with Crippen LogP contribution in [0.2, 0.25) is 0 Å². The minimum absolute atomic E-state index is 0.0920. The Bertz CT molecular complexity index is 981. The van der Waals surface area contributed by atoms with Crippen LogP contribution in [0.3, 0.4) is 0 Å². The molecule has 6 heteroatoms. The fraction of sp³-hybridized carbons (Fsp3) is 0.222. The van der Waals surface area contributed by atoms with Gasteiger partial charge in [0.1, 0.15) is 0 Å². The molecule has 2 N–H and O–H groups in total. The van der Waals surface area contributed by atoms with Crippen LogP contribution in [0.4, 0.5) is 16.2 Å². The van der Waals surface area contributed by atoms with Crippen LogP contribution in [0.15, 0.2) is 41.2 Å². The Labute approximate surface area is 139 Å². The second kappa shape index (κ2) is 5.88. The van der Waals surface area contributed by atoms with Crippen LogP contribution in [0.5, 0.6) is 0 Å². The number of hydrogen-bond donors (Lipinski definition) is 2. The Hall–Kier alpha value is -3.02. The van der Waals surface area contributed by atoms with Gasteiger partial charge in [0.25, 0.3) is 0 Å². The van der Waals surface area contributed by atoms with Gasteiger partial charge in [-0.25, -0.2) is 9.59 Å². The highest BCUT2D eigenvalue weighted by Gasteiger charge is 2.12. The van der Waals surface area contributed by atoms with Crippen LogP contribution in [0.25, 0.3) is 11.0 Å². The molecule has 124 valence electrons. The lowest BCUT2D eigenvalue weighted by molar-refractivity contribution is 0.262. The number of anilines is 2. The van der Waals surface area contributed by atoms with Crippen LogP contribution >= 0.6 is 0 Å². The highest BCUT2D eigenvalue weighted by Crippen LogP contribution is 2.22. The van der Waals surface area contributed by atoms with Crippen molar-refractivity contribution in [2.75, 3.05) is 10.6 Å². The van der Waals surface area contributed by atoms with Crippen molar-refractivity contribution in [2.24, 2.45) is 14.1 Å². The van der Waals surface area contributed by atoms with Gasteiger partial charge in [-0.1, -0.05) is 17.7 Å². The summed E-state index contributed by atoms with van der Waals surface area (Å²) in [5.41, 5.74) is 4.95. The zero-order chi connectivity index (χ0) is 17.4. The first-order valence-corrected chi connectivity index (χ1v) is 7.67. The third-order valence-electron chi connectivity index (χ3n) is 4.18. The lowest BCUT2D eigenvalue weighted by atomic mass is 10.1. The molecular formula is C18H20N4O2. The number of carbonyl (C=O) groups is 1. The zero-order valence-electron chi connectivity index (χ0n) is 14.2. The van der Waals surface area contributed by atoms with Crippen LogP contribution in [0.1, 0.15) is 11.1 Å². The van der Waals surface area contributed by atoms with Crippen molar-refractivity contribution in [1.29, 1.82) is 0 Å². The second-order valence-electron chi connectivity index (χ2n) is 6.00. The van der Waals surface area contributed by atoms with Gasteiger partial charge in [0.15, 0.2) is 0 Å².